The van der Waals surface area contributed by atoms with Gasteiger partial charge in [0.15, 0.2) is 0 Å². The number of tetrazole rings is 1. The zero-order valence-corrected chi connectivity index (χ0v) is 14.3. The quantitative estimate of drug-likeness (QED) is 0.774. The summed E-state index contributed by atoms with van der Waals surface area (Å²) in [6, 6.07) is 3.70. The number of aromatic nitrogens is 4. The Balaban J connectivity index is 2.15. The van der Waals surface area contributed by atoms with Crippen LogP contribution in [-0.2, 0) is 11.8 Å². The number of aryl methyl sites for hydroxylation is 1. The summed E-state index contributed by atoms with van der Waals surface area (Å²) in [6.45, 7) is 0. The van der Waals surface area contributed by atoms with E-state index in [1.807, 2.05) is 12.1 Å². The number of methoxy groups -OCH3 is 1. The number of nitrogens with one attached hydrogen (secondary N) is 1. The van der Waals surface area contributed by atoms with Gasteiger partial charge in [0.1, 0.15) is 5.75 Å². The van der Waals surface area contributed by atoms with Crippen molar-refractivity contribution in [2.45, 2.75) is 0 Å². The Bertz CT molecular complexity index is 699. The highest BCUT2D eigenvalue weighted by Gasteiger charge is 2.08. The second-order valence-electron chi connectivity index (χ2n) is 3.94. The zero-order chi connectivity index (χ0) is 15.4. The van der Waals surface area contributed by atoms with E-state index in [1.54, 1.807) is 20.2 Å². The maximum absolute atomic E-state index is 11.8. The van der Waals surface area contributed by atoms with Crippen LogP contribution in [0.3, 0.4) is 0 Å². The molecule has 0 saturated heterocycles. The van der Waals surface area contributed by atoms with E-state index in [9.17, 15) is 4.79 Å². The molecule has 0 radical (unpaired) electrons. The minimum Gasteiger partial charge on any atom is -0.495 e. The Kier molecular flexibility index (Phi) is 5.07. The summed E-state index contributed by atoms with van der Waals surface area (Å²) < 4.78 is 6.95. The summed E-state index contributed by atoms with van der Waals surface area (Å²) in [5.74, 6) is 0.426. The van der Waals surface area contributed by atoms with Crippen molar-refractivity contribution in [2.75, 3.05) is 12.4 Å². The van der Waals surface area contributed by atoms with E-state index < -0.39 is 0 Å². The predicted molar refractivity (Wildman–Crippen MR) is 84.9 cm³/mol. The summed E-state index contributed by atoms with van der Waals surface area (Å²) in [7, 11) is 3.18. The molecule has 0 aliphatic heterocycles. The van der Waals surface area contributed by atoms with Crippen LogP contribution in [-0.4, -0.2) is 33.2 Å². The molecule has 0 bridgehead atoms. The van der Waals surface area contributed by atoms with E-state index in [4.69, 9.17) is 4.74 Å². The molecule has 2 rings (SSSR count). The summed E-state index contributed by atoms with van der Waals surface area (Å²) in [4.78, 5) is 13.0. The molecule has 1 aromatic heterocycles. The fourth-order valence-corrected chi connectivity index (χ4v) is 2.99. The molecular weight excluding hydrogens is 406 g/mol. The maximum atomic E-state index is 11.8. The van der Waals surface area contributed by atoms with Crippen molar-refractivity contribution in [3.63, 3.8) is 0 Å². The highest BCUT2D eigenvalue weighted by molar-refractivity contribution is 9.11. The van der Waals surface area contributed by atoms with Gasteiger partial charge in [0.05, 0.1) is 18.6 Å². The number of nitrogens with zero attached hydrogens (tertiary/aromatic N) is 4. The molecule has 0 spiro atoms. The third-order valence-electron chi connectivity index (χ3n) is 2.40. The third kappa shape index (κ3) is 4.11. The molecule has 1 amide bonds. The van der Waals surface area contributed by atoms with Crippen LogP contribution in [0.25, 0.3) is 6.08 Å². The van der Waals surface area contributed by atoms with Crippen LogP contribution in [0, 0.1) is 0 Å². The van der Waals surface area contributed by atoms with Crippen molar-refractivity contribution in [2.24, 2.45) is 7.05 Å². The first kappa shape index (κ1) is 15.6. The molecule has 1 heterocycles. The highest BCUT2D eigenvalue weighted by Crippen LogP contribution is 2.33. The molecule has 0 saturated carbocycles. The van der Waals surface area contributed by atoms with E-state index in [0.717, 1.165) is 14.5 Å². The number of carbonyl (C=O) groups excluding carboxylic acids is 1. The topological polar surface area (TPSA) is 81.9 Å². The van der Waals surface area contributed by atoms with Crippen molar-refractivity contribution >= 4 is 49.8 Å². The molecule has 0 aliphatic carbocycles. The fourth-order valence-electron chi connectivity index (χ4n) is 1.57. The van der Waals surface area contributed by atoms with Crippen molar-refractivity contribution in [1.29, 1.82) is 0 Å². The molecule has 1 N–H and O–H groups in total. The van der Waals surface area contributed by atoms with Gasteiger partial charge in [-0.15, -0.1) is 5.10 Å². The first-order valence-corrected chi connectivity index (χ1v) is 7.34. The van der Waals surface area contributed by atoms with E-state index >= 15 is 0 Å². The van der Waals surface area contributed by atoms with Crippen molar-refractivity contribution in [3.8, 4) is 5.75 Å². The van der Waals surface area contributed by atoms with Crippen molar-refractivity contribution < 1.29 is 9.53 Å². The molecule has 0 fully saturated rings. The number of rotatable bonds is 4. The molecule has 0 aliphatic rings. The molecule has 9 heteroatoms. The number of carbonyl (C=O) groups is 1. The lowest BCUT2D eigenvalue weighted by Crippen LogP contribution is -2.09. The smallest absolute Gasteiger partial charge is 0.270 e. The lowest BCUT2D eigenvalue weighted by atomic mass is 10.2. The number of anilines is 1. The Morgan fingerprint density at radius 1 is 1.43 bits per heavy atom. The lowest BCUT2D eigenvalue weighted by Gasteiger charge is -2.08. The molecule has 21 heavy (non-hydrogen) atoms. The first-order chi connectivity index (χ1) is 9.99. The Hall–Kier alpha value is -1.74. The molecule has 110 valence electrons. The minimum atomic E-state index is -0.360. The van der Waals surface area contributed by atoms with Gasteiger partial charge < -0.3 is 4.74 Å². The van der Waals surface area contributed by atoms with Crippen LogP contribution >= 0.6 is 31.9 Å². The largest absolute Gasteiger partial charge is 0.495 e. The van der Waals surface area contributed by atoms with Crippen molar-refractivity contribution in [1.82, 2.24) is 20.2 Å². The molecule has 2 aromatic rings. The minimum absolute atomic E-state index is 0.148. The number of hydrogen-bond acceptors (Lipinski definition) is 5. The van der Waals surface area contributed by atoms with Gasteiger partial charge in [-0.1, -0.05) is 21.0 Å². The van der Waals surface area contributed by atoms with Crippen LogP contribution in [0.4, 0.5) is 5.95 Å². The van der Waals surface area contributed by atoms with E-state index in [2.05, 4.69) is 52.6 Å². The summed E-state index contributed by atoms with van der Waals surface area (Å²) in [5.41, 5.74) is 0.751. The zero-order valence-electron chi connectivity index (χ0n) is 11.2. The predicted octanol–water partition coefficient (Wildman–Crippen LogP) is 2.40. The van der Waals surface area contributed by atoms with Gasteiger partial charge in [0, 0.05) is 16.1 Å². The average molecular weight is 417 g/mol. The van der Waals surface area contributed by atoms with Gasteiger partial charge >= 0.3 is 0 Å². The summed E-state index contributed by atoms with van der Waals surface area (Å²) >= 11 is 6.79. The molecule has 7 nitrogen and oxygen atoms in total. The van der Waals surface area contributed by atoms with Crippen LogP contribution in [0.1, 0.15) is 5.56 Å². The molecule has 0 unspecified atom stereocenters. The average Bonchev–Trinajstić information content (AvgIpc) is 2.81. The number of hydrogen-bond donors (Lipinski definition) is 1. The third-order valence-corrected chi connectivity index (χ3v) is 3.45. The first-order valence-electron chi connectivity index (χ1n) is 5.75. The van der Waals surface area contributed by atoms with Gasteiger partial charge in [0.2, 0.25) is 0 Å². The Morgan fingerprint density at radius 3 is 2.81 bits per heavy atom. The number of amides is 1. The van der Waals surface area contributed by atoms with Crippen LogP contribution in [0.5, 0.6) is 5.75 Å². The SMILES string of the molecule is COc1c(Br)cc(Br)cc1/C=C/C(=O)Nc1nnn(C)n1. The normalized spacial score (nSPS) is 10.9. The van der Waals surface area contributed by atoms with Gasteiger partial charge in [0.25, 0.3) is 11.9 Å². The highest BCUT2D eigenvalue weighted by atomic mass is 79.9. The standard InChI is InChI=1S/C12H11Br2N5O2/c1-19-17-12(16-18-19)15-10(20)4-3-7-5-8(13)6-9(14)11(7)21-2/h3-6H,1-2H3,(H,15,17,20)/b4-3+. The lowest BCUT2D eigenvalue weighted by molar-refractivity contribution is -0.111. The molecular formula is C12H11Br2N5O2. The van der Waals surface area contributed by atoms with E-state index in [-0.39, 0.29) is 11.9 Å². The van der Waals surface area contributed by atoms with E-state index in [0.29, 0.717) is 5.75 Å². The second kappa shape index (κ2) is 6.81. The van der Waals surface area contributed by atoms with E-state index in [1.165, 1.54) is 10.9 Å². The summed E-state index contributed by atoms with van der Waals surface area (Å²) in [5, 5.41) is 13.7. The van der Waals surface area contributed by atoms with Gasteiger partial charge in [-0.3, -0.25) is 10.1 Å². The number of ether oxygens (including phenoxy) is 1. The van der Waals surface area contributed by atoms with Crippen LogP contribution < -0.4 is 10.1 Å². The fraction of sp³-hybridized carbons (Fsp3) is 0.167. The van der Waals surface area contributed by atoms with Crippen molar-refractivity contribution in [3.05, 3.63) is 32.7 Å². The van der Waals surface area contributed by atoms with Crippen LogP contribution in [0.15, 0.2) is 27.2 Å². The second-order valence-corrected chi connectivity index (χ2v) is 5.71. The van der Waals surface area contributed by atoms with Gasteiger partial charge in [-0.2, -0.15) is 4.80 Å². The number of halogens is 2. The number of benzene rings is 1. The molecule has 0 atom stereocenters. The van der Waals surface area contributed by atoms with Crippen LogP contribution in [0.2, 0.25) is 0 Å². The summed E-state index contributed by atoms with van der Waals surface area (Å²) in [6.07, 6.45) is 3.01. The van der Waals surface area contributed by atoms with Gasteiger partial charge in [-0.05, 0) is 39.4 Å². The maximum Gasteiger partial charge on any atom is 0.270 e. The monoisotopic (exact) mass is 415 g/mol. The Morgan fingerprint density at radius 2 is 2.19 bits per heavy atom. The van der Waals surface area contributed by atoms with Gasteiger partial charge in [-0.25, -0.2) is 0 Å². The molecule has 1 aromatic carbocycles. The Labute approximate surface area is 137 Å².